The molecule has 1 rings (SSSR count). The number of nitrogens with two attached hydrogens (primary N) is 1. The third-order valence-electron chi connectivity index (χ3n) is 2.01. The predicted molar refractivity (Wildman–Crippen MR) is 59.9 cm³/mol. The van der Waals surface area contributed by atoms with Crippen molar-refractivity contribution in [3.63, 3.8) is 0 Å². The van der Waals surface area contributed by atoms with Gasteiger partial charge in [-0.2, -0.15) is 0 Å². The molecule has 0 aliphatic rings. The van der Waals surface area contributed by atoms with Crippen LogP contribution < -0.4 is 5.73 Å². The van der Waals surface area contributed by atoms with E-state index in [-0.39, 0.29) is 0 Å². The van der Waals surface area contributed by atoms with Crippen LogP contribution in [0.5, 0.6) is 0 Å². The summed E-state index contributed by atoms with van der Waals surface area (Å²) in [5, 5.41) is 1.01. The smallest absolute Gasteiger partial charge is 0.0682 e. The number of hydrogen-bond donors (Lipinski definition) is 1. The molecule has 78 valence electrons. The normalized spacial score (nSPS) is 15.2. The average Bonchev–Trinajstić information content (AvgIpc) is 2.09. The van der Waals surface area contributed by atoms with Crippen LogP contribution in [0.3, 0.4) is 0 Å². The van der Waals surface area contributed by atoms with Crippen molar-refractivity contribution in [2.45, 2.75) is 12.5 Å². The maximum absolute atomic E-state index is 6.05. The van der Waals surface area contributed by atoms with Crippen molar-refractivity contribution < 1.29 is 4.74 Å². The van der Waals surface area contributed by atoms with Gasteiger partial charge in [-0.25, -0.2) is 0 Å². The van der Waals surface area contributed by atoms with E-state index in [1.165, 1.54) is 0 Å². The number of benzene rings is 1. The van der Waals surface area contributed by atoms with Crippen LogP contribution >= 0.6 is 23.2 Å². The summed E-state index contributed by atoms with van der Waals surface area (Å²) >= 11 is 11.9. The molecule has 0 heterocycles. The highest BCUT2D eigenvalue weighted by Crippen LogP contribution is 2.31. The molecule has 0 fully saturated rings. The van der Waals surface area contributed by atoms with E-state index in [1.54, 1.807) is 13.2 Å². The van der Waals surface area contributed by atoms with Gasteiger partial charge in [0.1, 0.15) is 0 Å². The minimum Gasteiger partial charge on any atom is -0.382 e. The molecule has 2 N–H and O–H groups in total. The van der Waals surface area contributed by atoms with Gasteiger partial charge in [-0.1, -0.05) is 35.3 Å². The monoisotopic (exact) mass is 233 g/mol. The van der Waals surface area contributed by atoms with Gasteiger partial charge < -0.3 is 10.5 Å². The Morgan fingerprint density at radius 1 is 1.43 bits per heavy atom. The van der Waals surface area contributed by atoms with Crippen LogP contribution in [0.15, 0.2) is 18.2 Å². The molecule has 0 saturated heterocycles. The number of hydrogen-bond acceptors (Lipinski definition) is 2. The van der Waals surface area contributed by atoms with Gasteiger partial charge in [0.15, 0.2) is 0 Å². The molecule has 4 heteroatoms. The molecule has 1 atom stereocenters. The van der Waals surface area contributed by atoms with Crippen molar-refractivity contribution in [3.05, 3.63) is 33.8 Å². The molecular formula is C10H13Cl2NO. The average molecular weight is 234 g/mol. The van der Waals surface area contributed by atoms with Crippen LogP contribution in [-0.2, 0) is 10.3 Å². The van der Waals surface area contributed by atoms with Gasteiger partial charge in [0.2, 0.25) is 0 Å². The van der Waals surface area contributed by atoms with Gasteiger partial charge >= 0.3 is 0 Å². The first kappa shape index (κ1) is 11.8. The second-order valence-corrected chi connectivity index (χ2v) is 4.24. The number of methoxy groups -OCH3 is 1. The van der Waals surface area contributed by atoms with E-state index in [0.717, 1.165) is 5.56 Å². The Kier molecular flexibility index (Phi) is 3.78. The molecule has 14 heavy (non-hydrogen) atoms. The Balaban J connectivity index is 3.12. The summed E-state index contributed by atoms with van der Waals surface area (Å²) in [5.74, 6) is 0. The lowest BCUT2D eigenvalue weighted by Crippen LogP contribution is -2.38. The van der Waals surface area contributed by atoms with Gasteiger partial charge in [0, 0.05) is 7.11 Å². The van der Waals surface area contributed by atoms with Crippen molar-refractivity contribution in [2.75, 3.05) is 13.7 Å². The fourth-order valence-electron chi connectivity index (χ4n) is 1.32. The second-order valence-electron chi connectivity index (χ2n) is 3.45. The van der Waals surface area contributed by atoms with Crippen molar-refractivity contribution >= 4 is 23.2 Å². The zero-order valence-electron chi connectivity index (χ0n) is 8.18. The van der Waals surface area contributed by atoms with E-state index in [4.69, 9.17) is 33.7 Å². The molecule has 0 saturated carbocycles. The van der Waals surface area contributed by atoms with Crippen LogP contribution in [-0.4, -0.2) is 13.7 Å². The summed E-state index contributed by atoms with van der Waals surface area (Å²) in [5.41, 5.74) is 6.24. The van der Waals surface area contributed by atoms with E-state index < -0.39 is 5.54 Å². The Morgan fingerprint density at radius 2 is 2.07 bits per heavy atom. The van der Waals surface area contributed by atoms with Gasteiger partial charge in [-0.3, -0.25) is 0 Å². The first-order valence-electron chi connectivity index (χ1n) is 4.21. The van der Waals surface area contributed by atoms with Crippen LogP contribution in [0.1, 0.15) is 12.5 Å². The molecule has 1 aromatic carbocycles. The summed E-state index contributed by atoms with van der Waals surface area (Å²) < 4.78 is 5.03. The first-order valence-corrected chi connectivity index (χ1v) is 4.97. The molecule has 2 nitrogen and oxygen atoms in total. The van der Waals surface area contributed by atoms with Gasteiger partial charge in [-0.05, 0) is 18.6 Å². The highest BCUT2D eigenvalue weighted by Gasteiger charge is 2.24. The minimum atomic E-state index is -0.614. The zero-order valence-corrected chi connectivity index (χ0v) is 9.69. The Bertz CT molecular complexity index is 326. The van der Waals surface area contributed by atoms with E-state index >= 15 is 0 Å². The SMILES string of the molecule is COCC(C)(N)c1cccc(Cl)c1Cl. The summed E-state index contributed by atoms with van der Waals surface area (Å²) in [4.78, 5) is 0. The van der Waals surface area contributed by atoms with Crippen LogP contribution in [0.4, 0.5) is 0 Å². The summed E-state index contributed by atoms with van der Waals surface area (Å²) in [6.07, 6.45) is 0. The molecule has 1 unspecified atom stereocenters. The lowest BCUT2D eigenvalue weighted by Gasteiger charge is -2.25. The highest BCUT2D eigenvalue weighted by molar-refractivity contribution is 6.42. The largest absolute Gasteiger partial charge is 0.382 e. The van der Waals surface area contributed by atoms with E-state index in [2.05, 4.69) is 0 Å². The van der Waals surface area contributed by atoms with Crippen molar-refractivity contribution in [1.82, 2.24) is 0 Å². The summed E-state index contributed by atoms with van der Waals surface area (Å²) in [6, 6.07) is 5.41. The summed E-state index contributed by atoms with van der Waals surface area (Å²) in [6.45, 7) is 2.25. The lowest BCUT2D eigenvalue weighted by molar-refractivity contribution is 0.141. The van der Waals surface area contributed by atoms with Crippen LogP contribution in [0.2, 0.25) is 10.0 Å². The molecule has 1 aromatic rings. The van der Waals surface area contributed by atoms with E-state index in [0.29, 0.717) is 16.7 Å². The maximum Gasteiger partial charge on any atom is 0.0682 e. The van der Waals surface area contributed by atoms with Gasteiger partial charge in [0.05, 0.1) is 22.2 Å². The number of rotatable bonds is 3. The Morgan fingerprint density at radius 3 is 2.64 bits per heavy atom. The van der Waals surface area contributed by atoms with Crippen LogP contribution in [0, 0.1) is 0 Å². The second kappa shape index (κ2) is 4.49. The van der Waals surface area contributed by atoms with Crippen LogP contribution in [0.25, 0.3) is 0 Å². The molecule has 0 aromatic heterocycles. The van der Waals surface area contributed by atoms with Gasteiger partial charge in [0.25, 0.3) is 0 Å². The minimum absolute atomic E-state index is 0.396. The third kappa shape index (κ3) is 2.39. The molecule has 0 aliphatic heterocycles. The lowest BCUT2D eigenvalue weighted by atomic mass is 9.94. The molecule has 0 aliphatic carbocycles. The van der Waals surface area contributed by atoms with E-state index in [1.807, 2.05) is 19.1 Å². The van der Waals surface area contributed by atoms with Crippen molar-refractivity contribution in [2.24, 2.45) is 5.73 Å². The molecule has 0 spiro atoms. The van der Waals surface area contributed by atoms with Crippen molar-refractivity contribution in [1.29, 1.82) is 0 Å². The zero-order chi connectivity index (χ0) is 10.8. The Labute approximate surface area is 94.0 Å². The fraction of sp³-hybridized carbons (Fsp3) is 0.400. The van der Waals surface area contributed by atoms with Crippen molar-refractivity contribution in [3.8, 4) is 0 Å². The molecule has 0 bridgehead atoms. The topological polar surface area (TPSA) is 35.2 Å². The highest BCUT2D eigenvalue weighted by atomic mass is 35.5. The third-order valence-corrected chi connectivity index (χ3v) is 2.83. The molecule has 0 radical (unpaired) electrons. The van der Waals surface area contributed by atoms with E-state index in [9.17, 15) is 0 Å². The first-order chi connectivity index (χ1) is 6.49. The summed E-state index contributed by atoms with van der Waals surface area (Å²) in [7, 11) is 1.60. The molecule has 0 amide bonds. The Hall–Kier alpha value is -0.280. The number of halogens is 2. The van der Waals surface area contributed by atoms with Gasteiger partial charge in [-0.15, -0.1) is 0 Å². The fourth-order valence-corrected chi connectivity index (χ4v) is 1.84. The quantitative estimate of drug-likeness (QED) is 0.872. The maximum atomic E-state index is 6.05. The predicted octanol–water partition coefficient (Wildman–Crippen LogP) is 2.81. The standard InChI is InChI=1S/C10H13Cl2NO/c1-10(13,6-14-2)7-4-3-5-8(11)9(7)12/h3-5H,6,13H2,1-2H3. The molecular weight excluding hydrogens is 221 g/mol. The number of ether oxygens (including phenoxy) is 1.